The average Bonchev–Trinajstić information content (AvgIpc) is 2.60. The molecule has 1 atom stereocenters. The van der Waals surface area contributed by atoms with Crippen LogP contribution in [0.5, 0.6) is 0 Å². The van der Waals surface area contributed by atoms with Crippen LogP contribution in [0, 0.1) is 5.92 Å². The van der Waals surface area contributed by atoms with E-state index < -0.39 is 9.84 Å². The third-order valence-electron chi connectivity index (χ3n) is 4.76. The molecule has 1 aromatic rings. The molecule has 2 N–H and O–H groups in total. The van der Waals surface area contributed by atoms with Gasteiger partial charge in [0.1, 0.15) is 4.90 Å². The lowest BCUT2D eigenvalue weighted by atomic mass is 9.96. The van der Waals surface area contributed by atoms with E-state index >= 15 is 0 Å². The van der Waals surface area contributed by atoms with Gasteiger partial charge in [-0.05, 0) is 38.1 Å². The zero-order chi connectivity index (χ0) is 17.0. The van der Waals surface area contributed by atoms with Crippen LogP contribution >= 0.6 is 12.4 Å². The second kappa shape index (κ2) is 9.12. The summed E-state index contributed by atoms with van der Waals surface area (Å²) in [4.78, 5) is 9.06. The lowest BCUT2D eigenvalue weighted by Gasteiger charge is -2.25. The average molecular weight is 391 g/mol. The zero-order valence-corrected chi connectivity index (χ0v) is 16.2. The highest BCUT2D eigenvalue weighted by molar-refractivity contribution is 7.90. The Morgan fingerprint density at radius 2 is 2.08 bits per heavy atom. The molecule has 0 aromatic carbocycles. The predicted molar refractivity (Wildman–Crippen MR) is 99.3 cm³/mol. The molecule has 0 radical (unpaired) electrons. The lowest BCUT2D eigenvalue weighted by molar-refractivity contribution is 0.0699. The monoisotopic (exact) mass is 390 g/mol. The molecule has 3 rings (SSSR count). The predicted octanol–water partition coefficient (Wildman–Crippen LogP) is 1.61. The van der Waals surface area contributed by atoms with Crippen LogP contribution in [0.1, 0.15) is 37.3 Å². The third kappa shape index (κ3) is 5.51. The Morgan fingerprint density at radius 3 is 2.72 bits per heavy atom. The molecule has 142 valence electrons. The van der Waals surface area contributed by atoms with Gasteiger partial charge in [-0.1, -0.05) is 0 Å². The first-order chi connectivity index (χ1) is 11.5. The van der Waals surface area contributed by atoms with Crippen LogP contribution in [-0.4, -0.2) is 57.5 Å². The van der Waals surface area contributed by atoms with Gasteiger partial charge in [0.15, 0.2) is 9.84 Å². The van der Waals surface area contributed by atoms with Crippen LogP contribution in [0.3, 0.4) is 0 Å². The summed E-state index contributed by atoms with van der Waals surface area (Å²) in [5.74, 6) is 1.20. The highest BCUT2D eigenvalue weighted by Crippen LogP contribution is 2.28. The number of hydrogen-bond donors (Lipinski definition) is 2. The van der Waals surface area contributed by atoms with Crippen LogP contribution in [0.25, 0.3) is 0 Å². The Morgan fingerprint density at radius 1 is 1.32 bits per heavy atom. The number of nitrogens with one attached hydrogen (secondary N) is 2. The molecule has 25 heavy (non-hydrogen) atoms. The fourth-order valence-electron chi connectivity index (χ4n) is 3.32. The molecule has 2 aliphatic heterocycles. The molecule has 9 heteroatoms. The fourth-order valence-corrected chi connectivity index (χ4v) is 4.16. The molecular formula is C16H27ClN4O3S. The highest BCUT2D eigenvalue weighted by Gasteiger charge is 2.25. The molecule has 2 saturated heterocycles. The Balaban J connectivity index is 0.00000225. The van der Waals surface area contributed by atoms with Gasteiger partial charge in [-0.25, -0.2) is 18.4 Å². The summed E-state index contributed by atoms with van der Waals surface area (Å²) in [6.07, 6.45) is 6.73. The second-order valence-corrected chi connectivity index (χ2v) is 8.68. The number of anilines is 1. The van der Waals surface area contributed by atoms with E-state index in [1.165, 1.54) is 12.5 Å². The van der Waals surface area contributed by atoms with Crippen molar-refractivity contribution in [3.05, 3.63) is 11.9 Å². The minimum absolute atomic E-state index is 0. The molecule has 0 aliphatic carbocycles. The van der Waals surface area contributed by atoms with Gasteiger partial charge in [-0.2, -0.15) is 0 Å². The van der Waals surface area contributed by atoms with Crippen molar-refractivity contribution in [2.45, 2.75) is 36.5 Å². The molecule has 0 spiro atoms. The Labute approximate surface area is 155 Å². The van der Waals surface area contributed by atoms with E-state index in [-0.39, 0.29) is 23.2 Å². The number of rotatable bonds is 5. The van der Waals surface area contributed by atoms with Crippen LogP contribution in [0.4, 0.5) is 5.95 Å². The second-order valence-electron chi connectivity index (χ2n) is 6.70. The summed E-state index contributed by atoms with van der Waals surface area (Å²) in [5.41, 5.74) is 0.647. The minimum atomic E-state index is -3.33. The molecule has 0 saturated carbocycles. The molecule has 1 unspecified atom stereocenters. The van der Waals surface area contributed by atoms with Crippen molar-refractivity contribution in [3.63, 3.8) is 0 Å². The SMILES string of the molecule is CS(=O)(=O)c1cnc(NCC2CCOCC2)nc1C1CCCNC1.Cl. The van der Waals surface area contributed by atoms with Crippen LogP contribution < -0.4 is 10.6 Å². The van der Waals surface area contributed by atoms with E-state index in [4.69, 9.17) is 4.74 Å². The lowest BCUT2D eigenvalue weighted by Crippen LogP contribution is -2.30. The van der Waals surface area contributed by atoms with E-state index in [0.717, 1.165) is 58.5 Å². The van der Waals surface area contributed by atoms with Crippen LogP contribution in [0.2, 0.25) is 0 Å². The van der Waals surface area contributed by atoms with Gasteiger partial charge in [0.05, 0.1) is 11.9 Å². The van der Waals surface area contributed by atoms with E-state index in [2.05, 4.69) is 20.6 Å². The quantitative estimate of drug-likeness (QED) is 0.788. The number of piperidine rings is 1. The molecule has 3 heterocycles. The van der Waals surface area contributed by atoms with Crippen molar-refractivity contribution >= 4 is 28.2 Å². The van der Waals surface area contributed by atoms with Gasteiger partial charge in [-0.3, -0.25) is 0 Å². The fraction of sp³-hybridized carbons (Fsp3) is 0.750. The van der Waals surface area contributed by atoms with E-state index in [1.54, 1.807) is 0 Å². The Hall–Kier alpha value is -0.960. The number of sulfone groups is 1. The van der Waals surface area contributed by atoms with Crippen molar-refractivity contribution in [1.29, 1.82) is 0 Å². The maximum atomic E-state index is 12.1. The summed E-state index contributed by atoms with van der Waals surface area (Å²) < 4.78 is 29.5. The van der Waals surface area contributed by atoms with Crippen molar-refractivity contribution in [3.8, 4) is 0 Å². The van der Waals surface area contributed by atoms with Crippen molar-refractivity contribution in [2.24, 2.45) is 5.92 Å². The van der Waals surface area contributed by atoms with Gasteiger partial charge in [0, 0.05) is 38.5 Å². The molecule has 2 fully saturated rings. The summed E-state index contributed by atoms with van der Waals surface area (Å²) >= 11 is 0. The van der Waals surface area contributed by atoms with E-state index in [9.17, 15) is 8.42 Å². The van der Waals surface area contributed by atoms with Gasteiger partial charge >= 0.3 is 0 Å². The first-order valence-corrected chi connectivity index (χ1v) is 10.5. The largest absolute Gasteiger partial charge is 0.381 e. The number of hydrogen-bond acceptors (Lipinski definition) is 7. The van der Waals surface area contributed by atoms with Crippen molar-refractivity contribution in [1.82, 2.24) is 15.3 Å². The van der Waals surface area contributed by atoms with Crippen LogP contribution in [-0.2, 0) is 14.6 Å². The maximum Gasteiger partial charge on any atom is 0.222 e. The van der Waals surface area contributed by atoms with Crippen LogP contribution in [0.15, 0.2) is 11.1 Å². The summed E-state index contributed by atoms with van der Waals surface area (Å²) in [5, 5.41) is 6.61. The number of nitrogens with zero attached hydrogens (tertiary/aromatic N) is 2. The summed E-state index contributed by atoms with van der Waals surface area (Å²) in [6, 6.07) is 0. The number of aromatic nitrogens is 2. The first-order valence-electron chi connectivity index (χ1n) is 8.63. The van der Waals surface area contributed by atoms with E-state index in [1.807, 2.05) is 0 Å². The topological polar surface area (TPSA) is 93.2 Å². The van der Waals surface area contributed by atoms with Gasteiger partial charge in [-0.15, -0.1) is 12.4 Å². The number of halogens is 1. The summed E-state index contributed by atoms with van der Waals surface area (Å²) in [6.45, 7) is 4.14. The first kappa shape index (κ1) is 20.4. The normalized spacial score (nSPS) is 22.2. The molecule has 1 aromatic heterocycles. The zero-order valence-electron chi connectivity index (χ0n) is 14.5. The molecular weight excluding hydrogens is 364 g/mol. The van der Waals surface area contributed by atoms with Crippen molar-refractivity contribution in [2.75, 3.05) is 44.4 Å². The Bertz CT molecular complexity index is 659. The smallest absolute Gasteiger partial charge is 0.222 e. The minimum Gasteiger partial charge on any atom is -0.381 e. The van der Waals surface area contributed by atoms with E-state index in [0.29, 0.717) is 17.6 Å². The molecule has 0 bridgehead atoms. The summed E-state index contributed by atoms with van der Waals surface area (Å²) in [7, 11) is -3.33. The van der Waals surface area contributed by atoms with Crippen molar-refractivity contribution < 1.29 is 13.2 Å². The highest BCUT2D eigenvalue weighted by atomic mass is 35.5. The Kier molecular flexibility index (Phi) is 7.42. The van der Waals surface area contributed by atoms with Gasteiger partial charge < -0.3 is 15.4 Å². The van der Waals surface area contributed by atoms with Gasteiger partial charge in [0.25, 0.3) is 0 Å². The van der Waals surface area contributed by atoms with Gasteiger partial charge in [0.2, 0.25) is 5.95 Å². The molecule has 7 nitrogen and oxygen atoms in total. The third-order valence-corrected chi connectivity index (χ3v) is 5.87. The maximum absolute atomic E-state index is 12.1. The number of ether oxygens (including phenoxy) is 1. The standard InChI is InChI=1S/C16H26N4O3S.ClH/c1-24(21,22)14-11-19-16(18-9-12-4-7-23-8-5-12)20-15(14)13-3-2-6-17-10-13;/h11-13,17H,2-10H2,1H3,(H,18,19,20);1H. The molecule has 2 aliphatic rings. The molecule has 0 amide bonds.